The molecule has 0 radical (unpaired) electrons. The van der Waals surface area contributed by atoms with Crippen molar-refractivity contribution in [2.45, 2.75) is 6.61 Å². The van der Waals surface area contributed by atoms with Gasteiger partial charge in [-0.3, -0.25) is 0 Å². The average molecular weight is 266 g/mol. The lowest BCUT2D eigenvalue weighted by Gasteiger charge is -2.20. The molecule has 20 heavy (non-hydrogen) atoms. The van der Waals surface area contributed by atoms with Crippen LogP contribution in [-0.4, -0.2) is 5.11 Å². The maximum Gasteiger partial charge on any atom is 0.344 e. The molecule has 0 amide bonds. The van der Waals surface area contributed by atoms with Gasteiger partial charge in [0.05, 0.1) is 5.56 Å². The number of rotatable bonds is 0. The summed E-state index contributed by atoms with van der Waals surface area (Å²) in [5.41, 5.74) is 2.18. The van der Waals surface area contributed by atoms with Gasteiger partial charge in [-0.2, -0.15) is 0 Å². The average Bonchev–Trinajstić information content (AvgIpc) is 2.46. The highest BCUT2D eigenvalue weighted by molar-refractivity contribution is 5.89. The van der Waals surface area contributed by atoms with E-state index in [-0.39, 0.29) is 18.0 Å². The standard InChI is InChI=1S/C16H10O4/c17-9-5-6-11-14(7-9)19-8-12-10-3-1-2-4-13(10)20-16(18)15(11)12/h1-7,17H,8H2. The van der Waals surface area contributed by atoms with Gasteiger partial charge in [-0.05, 0) is 18.2 Å². The Bertz CT molecular complexity index is 893. The van der Waals surface area contributed by atoms with Crippen molar-refractivity contribution in [3.63, 3.8) is 0 Å². The number of hydrogen-bond donors (Lipinski definition) is 1. The molecule has 1 aromatic heterocycles. The fourth-order valence-electron chi connectivity index (χ4n) is 2.62. The van der Waals surface area contributed by atoms with E-state index in [1.54, 1.807) is 12.1 Å². The van der Waals surface area contributed by atoms with Crippen LogP contribution in [0, 0.1) is 0 Å². The molecule has 0 aliphatic carbocycles. The topological polar surface area (TPSA) is 59.7 Å². The minimum absolute atomic E-state index is 0.109. The number of ether oxygens (including phenoxy) is 1. The van der Waals surface area contributed by atoms with E-state index in [1.807, 2.05) is 18.2 Å². The molecule has 0 bridgehead atoms. The summed E-state index contributed by atoms with van der Waals surface area (Å²) in [6, 6.07) is 12.1. The third-order valence-electron chi connectivity index (χ3n) is 3.53. The Morgan fingerprint density at radius 1 is 1.10 bits per heavy atom. The second-order valence-corrected chi connectivity index (χ2v) is 4.71. The first-order valence-electron chi connectivity index (χ1n) is 6.25. The van der Waals surface area contributed by atoms with E-state index in [9.17, 15) is 9.90 Å². The molecular formula is C16H10O4. The molecule has 4 heteroatoms. The Balaban J connectivity index is 2.13. The van der Waals surface area contributed by atoms with E-state index in [2.05, 4.69) is 0 Å². The Hall–Kier alpha value is -2.75. The highest BCUT2D eigenvalue weighted by Crippen LogP contribution is 2.39. The normalized spacial score (nSPS) is 12.6. The van der Waals surface area contributed by atoms with E-state index in [1.165, 1.54) is 12.1 Å². The maximum absolute atomic E-state index is 12.2. The van der Waals surface area contributed by atoms with Crippen molar-refractivity contribution in [2.24, 2.45) is 0 Å². The van der Waals surface area contributed by atoms with E-state index >= 15 is 0 Å². The number of phenols is 1. The molecule has 4 rings (SSSR count). The van der Waals surface area contributed by atoms with Crippen LogP contribution in [0.5, 0.6) is 11.5 Å². The monoisotopic (exact) mass is 266 g/mol. The Morgan fingerprint density at radius 2 is 1.95 bits per heavy atom. The Labute approximate surface area is 113 Å². The van der Waals surface area contributed by atoms with E-state index in [0.29, 0.717) is 22.5 Å². The molecule has 0 unspecified atom stereocenters. The van der Waals surface area contributed by atoms with Crippen LogP contribution in [0.4, 0.5) is 0 Å². The molecule has 0 saturated carbocycles. The first-order valence-corrected chi connectivity index (χ1v) is 6.25. The van der Waals surface area contributed by atoms with Crippen LogP contribution in [-0.2, 0) is 6.61 Å². The molecule has 1 N–H and O–H groups in total. The van der Waals surface area contributed by atoms with Gasteiger partial charge in [0, 0.05) is 22.6 Å². The molecule has 0 atom stereocenters. The second-order valence-electron chi connectivity index (χ2n) is 4.71. The van der Waals surface area contributed by atoms with Crippen LogP contribution in [0.2, 0.25) is 0 Å². The number of para-hydroxylation sites is 1. The van der Waals surface area contributed by atoms with Crippen molar-refractivity contribution in [3.05, 3.63) is 58.4 Å². The lowest BCUT2D eigenvalue weighted by Crippen LogP contribution is -2.14. The third-order valence-corrected chi connectivity index (χ3v) is 3.53. The number of phenolic OH excluding ortho intramolecular Hbond substituents is 1. The van der Waals surface area contributed by atoms with Crippen molar-refractivity contribution in [1.29, 1.82) is 0 Å². The van der Waals surface area contributed by atoms with Gasteiger partial charge in [0.2, 0.25) is 0 Å². The zero-order valence-electron chi connectivity index (χ0n) is 10.4. The fraction of sp³-hybridized carbons (Fsp3) is 0.0625. The molecule has 0 saturated heterocycles. The lowest BCUT2D eigenvalue weighted by atomic mass is 9.96. The lowest BCUT2D eigenvalue weighted by molar-refractivity contribution is 0.300. The minimum Gasteiger partial charge on any atom is -0.508 e. The van der Waals surface area contributed by atoms with E-state index in [4.69, 9.17) is 9.15 Å². The number of fused-ring (bicyclic) bond motifs is 5. The van der Waals surface area contributed by atoms with Crippen molar-refractivity contribution < 1.29 is 14.3 Å². The van der Waals surface area contributed by atoms with Gasteiger partial charge in [-0.1, -0.05) is 18.2 Å². The highest BCUT2D eigenvalue weighted by Gasteiger charge is 2.24. The SMILES string of the molecule is O=c1oc2ccccc2c2c1-c1ccc(O)cc1OC2. The fourth-order valence-corrected chi connectivity index (χ4v) is 2.62. The van der Waals surface area contributed by atoms with Crippen molar-refractivity contribution in [1.82, 2.24) is 0 Å². The van der Waals surface area contributed by atoms with E-state index in [0.717, 1.165) is 10.9 Å². The first kappa shape index (κ1) is 11.1. The third kappa shape index (κ3) is 1.45. The predicted molar refractivity (Wildman–Crippen MR) is 73.9 cm³/mol. The molecule has 4 nitrogen and oxygen atoms in total. The van der Waals surface area contributed by atoms with E-state index < -0.39 is 0 Å². The summed E-state index contributed by atoms with van der Waals surface area (Å²) in [6.07, 6.45) is 0. The van der Waals surface area contributed by atoms with Gasteiger partial charge in [-0.15, -0.1) is 0 Å². The highest BCUT2D eigenvalue weighted by atomic mass is 16.5. The molecule has 3 aromatic rings. The van der Waals surface area contributed by atoms with Gasteiger partial charge in [0.25, 0.3) is 0 Å². The summed E-state index contributed by atoms with van der Waals surface area (Å²) in [7, 11) is 0. The summed E-state index contributed by atoms with van der Waals surface area (Å²) in [5.74, 6) is 0.609. The van der Waals surface area contributed by atoms with Crippen LogP contribution in [0.3, 0.4) is 0 Å². The van der Waals surface area contributed by atoms with Crippen LogP contribution in [0.25, 0.3) is 22.1 Å². The molecule has 0 fully saturated rings. The Morgan fingerprint density at radius 3 is 2.85 bits per heavy atom. The van der Waals surface area contributed by atoms with Crippen LogP contribution >= 0.6 is 0 Å². The largest absolute Gasteiger partial charge is 0.508 e. The summed E-state index contributed by atoms with van der Waals surface area (Å²) in [6.45, 7) is 0.290. The van der Waals surface area contributed by atoms with Crippen LogP contribution < -0.4 is 10.4 Å². The van der Waals surface area contributed by atoms with Crippen molar-refractivity contribution >= 4 is 11.0 Å². The molecule has 0 spiro atoms. The number of aromatic hydroxyl groups is 1. The van der Waals surface area contributed by atoms with Gasteiger partial charge < -0.3 is 14.3 Å². The molecule has 1 aliphatic heterocycles. The zero-order valence-corrected chi connectivity index (χ0v) is 10.4. The zero-order chi connectivity index (χ0) is 13.7. The first-order chi connectivity index (χ1) is 9.74. The minimum atomic E-state index is -0.381. The van der Waals surface area contributed by atoms with Gasteiger partial charge >= 0.3 is 5.63 Å². The number of benzene rings is 2. The van der Waals surface area contributed by atoms with Crippen LogP contribution in [0.1, 0.15) is 5.56 Å². The Kier molecular flexibility index (Phi) is 2.15. The van der Waals surface area contributed by atoms with Crippen LogP contribution in [0.15, 0.2) is 51.7 Å². The second kappa shape index (κ2) is 3.87. The molecule has 2 heterocycles. The van der Waals surface area contributed by atoms with Gasteiger partial charge in [0.1, 0.15) is 23.7 Å². The van der Waals surface area contributed by atoms with Gasteiger partial charge in [0.15, 0.2) is 0 Å². The molecule has 1 aliphatic rings. The van der Waals surface area contributed by atoms with Crippen molar-refractivity contribution in [2.75, 3.05) is 0 Å². The van der Waals surface area contributed by atoms with Crippen molar-refractivity contribution in [3.8, 4) is 22.6 Å². The number of hydrogen-bond acceptors (Lipinski definition) is 4. The summed E-state index contributed by atoms with van der Waals surface area (Å²) in [5, 5.41) is 10.4. The smallest absolute Gasteiger partial charge is 0.344 e. The molecule has 2 aromatic carbocycles. The molecule has 98 valence electrons. The summed E-state index contributed by atoms with van der Waals surface area (Å²) >= 11 is 0. The summed E-state index contributed by atoms with van der Waals surface area (Å²) in [4.78, 5) is 12.2. The van der Waals surface area contributed by atoms with Gasteiger partial charge in [-0.25, -0.2) is 4.79 Å². The summed E-state index contributed by atoms with van der Waals surface area (Å²) < 4.78 is 11.0. The quantitative estimate of drug-likeness (QED) is 0.635. The predicted octanol–water partition coefficient (Wildman–Crippen LogP) is 3.06. The maximum atomic E-state index is 12.2. The molecular weight excluding hydrogens is 256 g/mol.